The number of nitrogens with one attached hydrogen (secondary N) is 1. The summed E-state index contributed by atoms with van der Waals surface area (Å²) in [5.41, 5.74) is 0.779. The topological polar surface area (TPSA) is 124 Å². The van der Waals surface area contributed by atoms with Gasteiger partial charge in [0.15, 0.2) is 19.9 Å². The highest BCUT2D eigenvalue weighted by Crippen LogP contribution is 2.23. The Morgan fingerprint density at radius 1 is 1.07 bits per heavy atom. The maximum absolute atomic E-state index is 12.7. The average Bonchev–Trinajstić information content (AvgIpc) is 2.95. The van der Waals surface area contributed by atoms with Crippen molar-refractivity contribution in [2.45, 2.75) is 17.0 Å². The summed E-state index contributed by atoms with van der Waals surface area (Å²) >= 11 is 0. The number of aromatic nitrogens is 2. The number of imidazole rings is 1. The molecule has 0 aliphatic carbocycles. The van der Waals surface area contributed by atoms with Crippen LogP contribution in [-0.4, -0.2) is 38.6 Å². The van der Waals surface area contributed by atoms with Gasteiger partial charge in [-0.2, -0.15) is 8.42 Å². The normalized spacial score (nSPS) is 12.1. The van der Waals surface area contributed by atoms with E-state index >= 15 is 0 Å². The van der Waals surface area contributed by atoms with E-state index in [1.807, 2.05) is 0 Å². The SMILES string of the molecule is Cc1ccc2nc(S(C)(=O)=O)c(S(=O)(=O)NC(=O)Oc3ccccc3)n2c1. The molecule has 11 heteroatoms. The molecular weight excluding hydrogens is 394 g/mol. The first-order chi connectivity index (χ1) is 12.6. The van der Waals surface area contributed by atoms with Crippen LogP contribution >= 0.6 is 0 Å². The maximum atomic E-state index is 12.7. The largest absolute Gasteiger partial charge is 0.426 e. The molecular formula is C16H15N3O6S2. The minimum atomic E-state index is -4.60. The highest BCUT2D eigenvalue weighted by molar-refractivity contribution is 7.93. The summed E-state index contributed by atoms with van der Waals surface area (Å²) in [7, 11) is -8.59. The van der Waals surface area contributed by atoms with Gasteiger partial charge in [0.05, 0.1) is 0 Å². The van der Waals surface area contributed by atoms with Crippen LogP contribution in [0, 0.1) is 6.92 Å². The first-order valence-electron chi connectivity index (χ1n) is 7.56. The molecule has 0 aliphatic heterocycles. The Hall–Kier alpha value is -2.92. The Kier molecular flexibility index (Phi) is 4.66. The van der Waals surface area contributed by atoms with Crippen LogP contribution in [0.1, 0.15) is 5.56 Å². The Balaban J connectivity index is 2.07. The number of para-hydroxylation sites is 1. The minimum absolute atomic E-state index is 0.109. The summed E-state index contributed by atoms with van der Waals surface area (Å²) < 4.78 is 57.3. The molecule has 3 aromatic rings. The highest BCUT2D eigenvalue weighted by Gasteiger charge is 2.32. The molecule has 0 atom stereocenters. The zero-order chi connectivity index (χ0) is 19.8. The van der Waals surface area contributed by atoms with Crippen LogP contribution in [0.2, 0.25) is 0 Å². The van der Waals surface area contributed by atoms with Crippen LogP contribution in [0.5, 0.6) is 5.75 Å². The lowest BCUT2D eigenvalue weighted by atomic mass is 10.3. The molecule has 0 saturated carbocycles. The molecule has 0 saturated heterocycles. The van der Waals surface area contributed by atoms with E-state index in [0.717, 1.165) is 10.7 Å². The van der Waals surface area contributed by atoms with Gasteiger partial charge < -0.3 is 4.74 Å². The van der Waals surface area contributed by atoms with Crippen molar-refractivity contribution in [2.75, 3.05) is 6.26 Å². The Labute approximate surface area is 155 Å². The average molecular weight is 409 g/mol. The summed E-state index contributed by atoms with van der Waals surface area (Å²) in [5.74, 6) is 0.127. The van der Waals surface area contributed by atoms with Crippen molar-refractivity contribution < 1.29 is 26.4 Å². The van der Waals surface area contributed by atoms with Crippen molar-refractivity contribution in [2.24, 2.45) is 0 Å². The van der Waals surface area contributed by atoms with Crippen LogP contribution in [0.3, 0.4) is 0 Å². The second kappa shape index (κ2) is 6.67. The van der Waals surface area contributed by atoms with Crippen LogP contribution in [0.4, 0.5) is 4.79 Å². The minimum Gasteiger partial charge on any atom is -0.410 e. The number of rotatable bonds is 4. The van der Waals surface area contributed by atoms with Gasteiger partial charge >= 0.3 is 6.09 Å². The molecule has 0 bridgehead atoms. The van der Waals surface area contributed by atoms with E-state index in [4.69, 9.17) is 4.74 Å². The van der Waals surface area contributed by atoms with E-state index in [2.05, 4.69) is 4.98 Å². The number of hydrogen-bond acceptors (Lipinski definition) is 7. The Morgan fingerprint density at radius 3 is 2.37 bits per heavy atom. The number of pyridine rings is 1. The lowest BCUT2D eigenvalue weighted by molar-refractivity contribution is 0.206. The van der Waals surface area contributed by atoms with E-state index in [-0.39, 0.29) is 11.4 Å². The number of carbonyl (C=O) groups is 1. The Bertz CT molecular complexity index is 1230. The zero-order valence-corrected chi connectivity index (χ0v) is 15.9. The molecule has 27 heavy (non-hydrogen) atoms. The third kappa shape index (κ3) is 3.93. The summed E-state index contributed by atoms with van der Waals surface area (Å²) in [6.45, 7) is 1.70. The van der Waals surface area contributed by atoms with E-state index < -0.39 is 36.0 Å². The van der Waals surface area contributed by atoms with Crippen LogP contribution < -0.4 is 9.46 Å². The molecule has 1 aromatic carbocycles. The van der Waals surface area contributed by atoms with E-state index in [0.29, 0.717) is 5.56 Å². The third-order valence-electron chi connectivity index (χ3n) is 3.47. The number of carbonyl (C=O) groups excluding carboxylic acids is 1. The number of ether oxygens (including phenoxy) is 1. The number of aryl methyl sites for hydroxylation is 1. The highest BCUT2D eigenvalue weighted by atomic mass is 32.2. The summed E-state index contributed by atoms with van der Waals surface area (Å²) in [6.07, 6.45) is 0.972. The molecule has 1 amide bonds. The van der Waals surface area contributed by atoms with Gasteiger partial charge in [-0.1, -0.05) is 24.3 Å². The standard InChI is InChI=1S/C16H15N3O6S2/c1-11-8-9-13-17-14(26(2,21)22)15(19(13)10-11)27(23,24)18-16(20)25-12-6-4-3-5-7-12/h3-10H,1-2H3,(H,18,20). The van der Waals surface area contributed by atoms with Gasteiger partial charge in [0.25, 0.3) is 10.0 Å². The second-order valence-corrected chi connectivity index (χ2v) is 9.27. The summed E-state index contributed by atoms with van der Waals surface area (Å²) in [6, 6.07) is 11.0. The quantitative estimate of drug-likeness (QED) is 0.693. The molecule has 2 aromatic heterocycles. The number of nitrogens with zero attached hydrogens (tertiary/aromatic N) is 2. The molecule has 2 heterocycles. The molecule has 3 rings (SSSR count). The number of sulfone groups is 1. The van der Waals surface area contributed by atoms with E-state index in [1.165, 1.54) is 24.4 Å². The second-order valence-electron chi connectivity index (χ2n) is 5.74. The van der Waals surface area contributed by atoms with Crippen molar-refractivity contribution in [1.29, 1.82) is 0 Å². The molecule has 0 spiro atoms. The van der Waals surface area contributed by atoms with Gasteiger partial charge in [0.2, 0.25) is 0 Å². The molecule has 0 fully saturated rings. The smallest absolute Gasteiger partial charge is 0.410 e. The maximum Gasteiger partial charge on any atom is 0.426 e. The number of amides is 1. The first kappa shape index (κ1) is 18.9. The van der Waals surface area contributed by atoms with Crippen molar-refractivity contribution in [3.8, 4) is 5.75 Å². The number of hydrogen-bond donors (Lipinski definition) is 1. The van der Waals surface area contributed by atoms with Crippen molar-refractivity contribution in [3.05, 3.63) is 54.2 Å². The van der Waals surface area contributed by atoms with Gasteiger partial charge in [-0.3, -0.25) is 4.40 Å². The lowest BCUT2D eigenvalue weighted by Crippen LogP contribution is -2.34. The van der Waals surface area contributed by atoms with Crippen LogP contribution in [-0.2, 0) is 19.9 Å². The van der Waals surface area contributed by atoms with Gasteiger partial charge in [-0.25, -0.2) is 22.9 Å². The first-order valence-corrected chi connectivity index (χ1v) is 10.9. The zero-order valence-electron chi connectivity index (χ0n) is 14.3. The molecule has 0 aliphatic rings. The molecule has 1 N–H and O–H groups in total. The van der Waals surface area contributed by atoms with Crippen molar-refractivity contribution in [3.63, 3.8) is 0 Å². The number of benzene rings is 1. The fraction of sp³-hybridized carbons (Fsp3) is 0.125. The monoisotopic (exact) mass is 409 g/mol. The van der Waals surface area contributed by atoms with E-state index in [9.17, 15) is 21.6 Å². The van der Waals surface area contributed by atoms with Crippen LogP contribution in [0.25, 0.3) is 5.65 Å². The van der Waals surface area contributed by atoms with Crippen LogP contribution in [0.15, 0.2) is 58.7 Å². The van der Waals surface area contributed by atoms with Crippen molar-refractivity contribution >= 4 is 31.6 Å². The number of sulfonamides is 1. The molecule has 0 radical (unpaired) electrons. The molecule has 9 nitrogen and oxygen atoms in total. The lowest BCUT2D eigenvalue weighted by Gasteiger charge is -2.09. The predicted molar refractivity (Wildman–Crippen MR) is 95.8 cm³/mol. The summed E-state index contributed by atoms with van der Waals surface area (Å²) in [4.78, 5) is 15.9. The van der Waals surface area contributed by atoms with Gasteiger partial charge in [0.1, 0.15) is 11.4 Å². The predicted octanol–water partition coefficient (Wildman–Crippen LogP) is 1.52. The van der Waals surface area contributed by atoms with Gasteiger partial charge in [0, 0.05) is 12.5 Å². The fourth-order valence-electron chi connectivity index (χ4n) is 2.37. The number of fused-ring (bicyclic) bond motifs is 1. The van der Waals surface area contributed by atoms with Crippen molar-refractivity contribution in [1.82, 2.24) is 14.1 Å². The Morgan fingerprint density at radius 2 is 1.74 bits per heavy atom. The van der Waals surface area contributed by atoms with Gasteiger partial charge in [-0.15, -0.1) is 0 Å². The molecule has 0 unspecified atom stereocenters. The molecule has 142 valence electrons. The third-order valence-corrected chi connectivity index (χ3v) is 5.92. The van der Waals surface area contributed by atoms with E-state index in [1.54, 1.807) is 35.9 Å². The fourth-order valence-corrected chi connectivity index (χ4v) is 4.86. The summed E-state index contributed by atoms with van der Waals surface area (Å²) in [5, 5.41) is -1.32. The van der Waals surface area contributed by atoms with Gasteiger partial charge in [-0.05, 0) is 30.7 Å².